The van der Waals surface area contributed by atoms with Gasteiger partial charge < -0.3 is 24.8 Å². The fourth-order valence-electron chi connectivity index (χ4n) is 3.51. The molecule has 1 heterocycles. The van der Waals surface area contributed by atoms with Crippen molar-refractivity contribution in [3.63, 3.8) is 0 Å². The third-order valence-electron chi connectivity index (χ3n) is 5.26. The Bertz CT molecular complexity index is 1500. The van der Waals surface area contributed by atoms with E-state index >= 15 is 0 Å². The van der Waals surface area contributed by atoms with Gasteiger partial charge in [0.2, 0.25) is 5.91 Å². The van der Waals surface area contributed by atoms with Crippen LogP contribution in [0, 0.1) is 17.5 Å². The summed E-state index contributed by atoms with van der Waals surface area (Å²) in [6, 6.07) is 12.6. The van der Waals surface area contributed by atoms with Crippen LogP contribution in [0.1, 0.15) is 5.56 Å². The summed E-state index contributed by atoms with van der Waals surface area (Å²) < 4.78 is 58.4. The lowest BCUT2D eigenvalue weighted by Crippen LogP contribution is -2.35. The number of nitrogens with zero attached hydrogens (tertiary/aromatic N) is 1. The lowest BCUT2D eigenvalue weighted by Gasteiger charge is -2.14. The first-order valence-electron chi connectivity index (χ1n) is 10.8. The average molecular weight is 528 g/mol. The molecule has 11 heteroatoms. The highest BCUT2D eigenvalue weighted by Gasteiger charge is 2.15. The minimum absolute atomic E-state index is 0.0272. The zero-order valence-electron chi connectivity index (χ0n) is 19.6. The maximum absolute atomic E-state index is 14.8. The number of methoxy groups -OCH3 is 2. The second kappa shape index (κ2) is 11.1. The number of rotatable bonds is 7. The summed E-state index contributed by atoms with van der Waals surface area (Å²) in [5.74, 6) is -1.98. The summed E-state index contributed by atoms with van der Waals surface area (Å²) in [5.41, 5.74) is 0.432. The van der Waals surface area contributed by atoms with E-state index in [2.05, 4.69) is 15.6 Å². The molecule has 1 amide bonds. The van der Waals surface area contributed by atoms with Gasteiger partial charge >= 0.3 is 0 Å². The molecule has 0 radical (unpaired) electrons. The van der Waals surface area contributed by atoms with Gasteiger partial charge in [0.05, 0.1) is 31.8 Å². The van der Waals surface area contributed by atoms with Crippen LogP contribution >= 0.6 is 12.2 Å². The molecular formula is C26H20F3N3O4S. The first-order valence-corrected chi connectivity index (χ1v) is 11.2. The third-order valence-corrected chi connectivity index (χ3v) is 5.46. The maximum Gasteiger partial charge on any atom is 0.230 e. The number of hydrogen-bond acceptors (Lipinski definition) is 6. The lowest BCUT2D eigenvalue weighted by molar-refractivity contribution is -0.119. The van der Waals surface area contributed by atoms with Crippen molar-refractivity contribution < 1.29 is 32.2 Å². The minimum atomic E-state index is -1.11. The van der Waals surface area contributed by atoms with Crippen molar-refractivity contribution in [2.75, 3.05) is 19.5 Å². The molecule has 190 valence electrons. The number of fused-ring (bicyclic) bond motifs is 1. The molecule has 0 spiro atoms. The molecule has 0 aliphatic heterocycles. The molecule has 0 saturated heterocycles. The molecule has 0 bridgehead atoms. The number of amides is 1. The number of nitrogens with one attached hydrogen (secondary N) is 2. The molecule has 0 atom stereocenters. The van der Waals surface area contributed by atoms with E-state index < -0.39 is 29.8 Å². The van der Waals surface area contributed by atoms with Crippen molar-refractivity contribution in [3.05, 3.63) is 83.8 Å². The lowest BCUT2D eigenvalue weighted by atomic mass is 10.1. The number of hydrogen-bond donors (Lipinski definition) is 2. The number of halogens is 3. The van der Waals surface area contributed by atoms with Crippen LogP contribution in [0.25, 0.3) is 10.9 Å². The number of anilines is 1. The van der Waals surface area contributed by atoms with Crippen molar-refractivity contribution in [1.29, 1.82) is 0 Å². The molecule has 7 nitrogen and oxygen atoms in total. The van der Waals surface area contributed by atoms with Gasteiger partial charge in [-0.1, -0.05) is 12.1 Å². The van der Waals surface area contributed by atoms with E-state index in [0.29, 0.717) is 28.2 Å². The summed E-state index contributed by atoms with van der Waals surface area (Å²) in [6.45, 7) is 0. The Morgan fingerprint density at radius 2 is 1.70 bits per heavy atom. The van der Waals surface area contributed by atoms with Gasteiger partial charge in [-0.25, -0.2) is 13.2 Å². The Kier molecular flexibility index (Phi) is 7.73. The fourth-order valence-corrected chi connectivity index (χ4v) is 3.73. The van der Waals surface area contributed by atoms with Gasteiger partial charge in [0, 0.05) is 29.3 Å². The quantitative estimate of drug-likeness (QED) is 0.307. The number of thiocarbonyl (C=S) groups is 1. The molecule has 4 rings (SSSR count). The predicted molar refractivity (Wildman–Crippen MR) is 136 cm³/mol. The minimum Gasteiger partial charge on any atom is -0.493 e. The predicted octanol–water partition coefficient (Wildman–Crippen LogP) is 5.52. The Hall–Kier alpha value is -4.38. The Balaban J connectivity index is 1.44. The van der Waals surface area contributed by atoms with E-state index in [1.54, 1.807) is 24.4 Å². The van der Waals surface area contributed by atoms with Crippen molar-refractivity contribution in [3.8, 4) is 23.0 Å². The third kappa shape index (κ3) is 5.89. The van der Waals surface area contributed by atoms with Crippen molar-refractivity contribution in [2.24, 2.45) is 0 Å². The summed E-state index contributed by atoms with van der Waals surface area (Å²) in [4.78, 5) is 16.5. The van der Waals surface area contributed by atoms with E-state index in [-0.39, 0.29) is 22.1 Å². The van der Waals surface area contributed by atoms with Crippen molar-refractivity contribution in [1.82, 2.24) is 10.3 Å². The zero-order valence-corrected chi connectivity index (χ0v) is 20.4. The van der Waals surface area contributed by atoms with E-state index in [1.807, 2.05) is 0 Å². The van der Waals surface area contributed by atoms with Gasteiger partial charge in [-0.2, -0.15) is 0 Å². The van der Waals surface area contributed by atoms with Gasteiger partial charge in [0.25, 0.3) is 0 Å². The van der Waals surface area contributed by atoms with Gasteiger partial charge in [-0.3, -0.25) is 9.78 Å². The second-order valence-corrected chi connectivity index (χ2v) is 8.08. The van der Waals surface area contributed by atoms with Crippen LogP contribution in [-0.2, 0) is 11.2 Å². The highest BCUT2D eigenvalue weighted by Crippen LogP contribution is 2.37. The maximum atomic E-state index is 14.8. The molecule has 0 aliphatic rings. The van der Waals surface area contributed by atoms with Gasteiger partial charge in [-0.05, 0) is 42.5 Å². The molecule has 0 saturated carbocycles. The van der Waals surface area contributed by atoms with Crippen LogP contribution in [0.5, 0.6) is 23.0 Å². The Morgan fingerprint density at radius 3 is 2.43 bits per heavy atom. The molecule has 1 aromatic heterocycles. The highest BCUT2D eigenvalue weighted by atomic mass is 32.1. The van der Waals surface area contributed by atoms with Crippen LogP contribution in [0.15, 0.2) is 60.8 Å². The topological polar surface area (TPSA) is 81.7 Å². The Labute approximate surface area is 215 Å². The van der Waals surface area contributed by atoms with Crippen LogP contribution in [0.4, 0.5) is 18.9 Å². The molecule has 3 aromatic carbocycles. The second-order valence-electron chi connectivity index (χ2n) is 7.67. The smallest absolute Gasteiger partial charge is 0.230 e. The molecule has 2 N–H and O–H groups in total. The number of ether oxygens (including phenoxy) is 3. The number of pyridine rings is 1. The van der Waals surface area contributed by atoms with Crippen LogP contribution in [0.3, 0.4) is 0 Å². The fraction of sp³-hybridized carbons (Fsp3) is 0.115. The average Bonchev–Trinajstić information content (AvgIpc) is 2.87. The first-order chi connectivity index (χ1) is 17.8. The van der Waals surface area contributed by atoms with E-state index in [1.165, 1.54) is 38.5 Å². The summed E-state index contributed by atoms with van der Waals surface area (Å²) >= 11 is 5.04. The van der Waals surface area contributed by atoms with E-state index in [0.717, 1.165) is 12.1 Å². The molecule has 0 fully saturated rings. The summed E-state index contributed by atoms with van der Waals surface area (Å²) in [6.07, 6.45) is 1.10. The standard InChI is InChI=1S/C26H20F3N3O4S/c1-34-22-12-16-20(13-23(22)35-2)30-9-8-21(16)36-15-6-7-19(18(28)11-15)31-26(37)32-24(33)10-14-4-3-5-17(27)25(14)29/h3-9,11-13H,10H2,1-2H3,(H2,31,32,33,37). The van der Waals surface area contributed by atoms with Gasteiger partial charge in [0.1, 0.15) is 17.3 Å². The van der Waals surface area contributed by atoms with Crippen LogP contribution in [0.2, 0.25) is 0 Å². The van der Waals surface area contributed by atoms with E-state index in [9.17, 15) is 18.0 Å². The largest absolute Gasteiger partial charge is 0.493 e. The van der Waals surface area contributed by atoms with Crippen molar-refractivity contribution in [2.45, 2.75) is 6.42 Å². The number of benzene rings is 3. The monoisotopic (exact) mass is 527 g/mol. The van der Waals surface area contributed by atoms with Crippen molar-refractivity contribution >= 4 is 39.8 Å². The summed E-state index contributed by atoms with van der Waals surface area (Å²) in [5, 5.41) is 5.29. The van der Waals surface area contributed by atoms with Crippen LogP contribution < -0.4 is 24.8 Å². The Morgan fingerprint density at radius 1 is 0.946 bits per heavy atom. The zero-order chi connectivity index (χ0) is 26.5. The molecular weight excluding hydrogens is 507 g/mol. The highest BCUT2D eigenvalue weighted by molar-refractivity contribution is 7.80. The normalized spacial score (nSPS) is 10.6. The summed E-state index contributed by atoms with van der Waals surface area (Å²) in [7, 11) is 3.03. The molecule has 4 aromatic rings. The molecule has 37 heavy (non-hydrogen) atoms. The van der Waals surface area contributed by atoms with Gasteiger partial charge in [0.15, 0.2) is 28.2 Å². The molecule has 0 aliphatic carbocycles. The first kappa shape index (κ1) is 25.7. The van der Waals surface area contributed by atoms with E-state index in [4.69, 9.17) is 26.4 Å². The molecule has 0 unspecified atom stereocenters. The number of aromatic nitrogens is 1. The van der Waals surface area contributed by atoms with Gasteiger partial charge in [-0.15, -0.1) is 0 Å². The number of carbonyl (C=O) groups excluding carboxylic acids is 1. The van der Waals surface area contributed by atoms with Crippen LogP contribution in [-0.4, -0.2) is 30.2 Å². The number of carbonyl (C=O) groups is 1. The SMILES string of the molecule is COc1cc2nccc(Oc3ccc(NC(=S)NC(=O)Cc4cccc(F)c4F)c(F)c3)c2cc1OC.